The van der Waals surface area contributed by atoms with Gasteiger partial charge in [0.15, 0.2) is 11.5 Å². The Kier molecular flexibility index (Phi) is 4.79. The Bertz CT molecular complexity index is 532. The lowest BCUT2D eigenvalue weighted by atomic mass is 10.2. The smallest absolute Gasteiger partial charge is 0.203 e. The van der Waals surface area contributed by atoms with Crippen LogP contribution in [0.4, 0.5) is 0 Å². The minimum atomic E-state index is -0.0877. The van der Waals surface area contributed by atoms with Crippen molar-refractivity contribution in [1.82, 2.24) is 4.98 Å². The van der Waals surface area contributed by atoms with Gasteiger partial charge in [0, 0.05) is 18.0 Å². The molecule has 0 aliphatic heterocycles. The minimum absolute atomic E-state index is 0.0877. The van der Waals surface area contributed by atoms with Crippen LogP contribution in [0.3, 0.4) is 0 Å². The average Bonchev–Trinajstić information content (AvgIpc) is 2.52. The summed E-state index contributed by atoms with van der Waals surface area (Å²) in [7, 11) is 3.10. The van der Waals surface area contributed by atoms with Crippen molar-refractivity contribution in [1.29, 1.82) is 0 Å². The van der Waals surface area contributed by atoms with Crippen molar-refractivity contribution in [2.75, 3.05) is 14.2 Å². The van der Waals surface area contributed by atoms with Crippen LogP contribution in [-0.4, -0.2) is 24.3 Å². The van der Waals surface area contributed by atoms with Gasteiger partial charge in [-0.1, -0.05) is 6.07 Å². The Morgan fingerprint density at radius 1 is 1.10 bits per heavy atom. The molecular weight excluding hydrogens is 258 g/mol. The lowest BCUT2D eigenvalue weighted by molar-refractivity contribution is 0.260. The lowest BCUT2D eigenvalue weighted by Gasteiger charge is -2.15. The van der Waals surface area contributed by atoms with Crippen LogP contribution in [0.25, 0.3) is 0 Å². The fraction of sp³-hybridized carbons (Fsp3) is 0.267. The molecule has 0 bridgehead atoms. The number of methoxy groups -OCH3 is 2. The molecule has 0 unspecified atom stereocenters. The van der Waals surface area contributed by atoms with E-state index in [2.05, 4.69) is 4.98 Å². The molecule has 0 aliphatic rings. The number of hydrogen-bond acceptors (Lipinski definition) is 5. The number of aliphatic hydroxyl groups excluding tert-OH is 1. The van der Waals surface area contributed by atoms with E-state index in [1.165, 1.54) is 0 Å². The molecular formula is C15H17NO4. The van der Waals surface area contributed by atoms with Crippen LogP contribution in [0.15, 0.2) is 36.7 Å². The summed E-state index contributed by atoms with van der Waals surface area (Å²) in [5, 5.41) is 9.22. The van der Waals surface area contributed by atoms with E-state index in [1.54, 1.807) is 38.7 Å². The maximum atomic E-state index is 9.22. The zero-order valence-corrected chi connectivity index (χ0v) is 11.5. The third kappa shape index (κ3) is 3.19. The summed E-state index contributed by atoms with van der Waals surface area (Å²) in [5.41, 5.74) is 1.65. The molecule has 0 saturated heterocycles. The van der Waals surface area contributed by atoms with E-state index >= 15 is 0 Å². The summed E-state index contributed by atoms with van der Waals surface area (Å²) in [6.07, 6.45) is 3.45. The maximum Gasteiger partial charge on any atom is 0.203 e. The Labute approximate surface area is 117 Å². The van der Waals surface area contributed by atoms with Crippen molar-refractivity contribution in [2.24, 2.45) is 0 Å². The van der Waals surface area contributed by atoms with E-state index in [-0.39, 0.29) is 6.61 Å². The zero-order valence-electron chi connectivity index (χ0n) is 11.5. The van der Waals surface area contributed by atoms with Crippen molar-refractivity contribution >= 4 is 0 Å². The third-order valence-electron chi connectivity index (χ3n) is 2.81. The van der Waals surface area contributed by atoms with Gasteiger partial charge in [0.25, 0.3) is 0 Å². The van der Waals surface area contributed by atoms with Crippen molar-refractivity contribution in [3.63, 3.8) is 0 Å². The number of ether oxygens (including phenoxy) is 3. The molecule has 1 aromatic heterocycles. The Morgan fingerprint density at radius 3 is 2.30 bits per heavy atom. The van der Waals surface area contributed by atoms with Crippen LogP contribution < -0.4 is 14.2 Å². The predicted molar refractivity (Wildman–Crippen MR) is 74.0 cm³/mol. The second-order valence-corrected chi connectivity index (χ2v) is 4.14. The summed E-state index contributed by atoms with van der Waals surface area (Å²) in [6.45, 7) is 0.272. The van der Waals surface area contributed by atoms with Gasteiger partial charge in [-0.25, -0.2) is 0 Å². The number of nitrogens with zero attached hydrogens (tertiary/aromatic N) is 1. The second kappa shape index (κ2) is 6.77. The first-order chi connectivity index (χ1) is 9.78. The molecule has 2 aromatic rings. The van der Waals surface area contributed by atoms with E-state index < -0.39 is 0 Å². The normalized spacial score (nSPS) is 10.2. The van der Waals surface area contributed by atoms with Gasteiger partial charge in [0.05, 0.1) is 20.8 Å². The highest BCUT2D eigenvalue weighted by molar-refractivity contribution is 5.53. The Hall–Kier alpha value is -2.27. The first-order valence-corrected chi connectivity index (χ1v) is 6.16. The SMILES string of the molecule is COc1cc(CO)cc(OC)c1OCc1cccnc1. The molecule has 0 fully saturated rings. The first-order valence-electron chi connectivity index (χ1n) is 6.16. The lowest BCUT2D eigenvalue weighted by Crippen LogP contribution is -2.01. The van der Waals surface area contributed by atoms with Crippen LogP contribution in [0.2, 0.25) is 0 Å². The highest BCUT2D eigenvalue weighted by Crippen LogP contribution is 2.39. The number of rotatable bonds is 6. The quantitative estimate of drug-likeness (QED) is 0.875. The number of benzene rings is 1. The molecule has 5 heteroatoms. The summed E-state index contributed by atoms with van der Waals surface area (Å²) in [6, 6.07) is 7.22. The second-order valence-electron chi connectivity index (χ2n) is 4.14. The van der Waals surface area contributed by atoms with E-state index in [0.717, 1.165) is 5.56 Å². The largest absolute Gasteiger partial charge is 0.493 e. The summed E-state index contributed by atoms with van der Waals surface area (Å²) < 4.78 is 16.3. The molecule has 0 amide bonds. The molecule has 1 N–H and O–H groups in total. The molecule has 0 atom stereocenters. The molecule has 1 aromatic carbocycles. The van der Waals surface area contributed by atoms with Crippen molar-refractivity contribution < 1.29 is 19.3 Å². The van der Waals surface area contributed by atoms with E-state index in [4.69, 9.17) is 14.2 Å². The van der Waals surface area contributed by atoms with Gasteiger partial charge in [0.1, 0.15) is 6.61 Å². The molecule has 0 saturated carbocycles. The number of hydrogen-bond donors (Lipinski definition) is 1. The van der Waals surface area contributed by atoms with Crippen LogP contribution in [0.5, 0.6) is 17.2 Å². The van der Waals surface area contributed by atoms with Gasteiger partial charge in [0.2, 0.25) is 5.75 Å². The predicted octanol–water partition coefficient (Wildman–Crippen LogP) is 2.17. The fourth-order valence-corrected chi connectivity index (χ4v) is 1.81. The van der Waals surface area contributed by atoms with Crippen LogP contribution in [0, 0.1) is 0 Å². The van der Waals surface area contributed by atoms with Crippen LogP contribution in [0.1, 0.15) is 11.1 Å². The van der Waals surface area contributed by atoms with Gasteiger partial charge >= 0.3 is 0 Å². The molecule has 2 rings (SSSR count). The molecule has 5 nitrogen and oxygen atoms in total. The molecule has 0 spiro atoms. The van der Waals surface area contributed by atoms with E-state index in [9.17, 15) is 5.11 Å². The molecule has 20 heavy (non-hydrogen) atoms. The third-order valence-corrected chi connectivity index (χ3v) is 2.81. The zero-order chi connectivity index (χ0) is 14.4. The monoisotopic (exact) mass is 275 g/mol. The van der Waals surface area contributed by atoms with Crippen molar-refractivity contribution in [3.8, 4) is 17.2 Å². The number of aliphatic hydroxyl groups is 1. The minimum Gasteiger partial charge on any atom is -0.493 e. The van der Waals surface area contributed by atoms with Gasteiger partial charge in [-0.15, -0.1) is 0 Å². The summed E-state index contributed by atoms with van der Waals surface area (Å²) in [5.74, 6) is 1.56. The van der Waals surface area contributed by atoms with E-state index in [1.807, 2.05) is 12.1 Å². The molecule has 0 aliphatic carbocycles. The fourth-order valence-electron chi connectivity index (χ4n) is 1.81. The molecule has 106 valence electrons. The van der Waals surface area contributed by atoms with Gasteiger partial charge in [-0.3, -0.25) is 4.98 Å². The highest BCUT2D eigenvalue weighted by atomic mass is 16.5. The highest BCUT2D eigenvalue weighted by Gasteiger charge is 2.14. The number of pyridine rings is 1. The standard InChI is InChI=1S/C15H17NO4/c1-18-13-6-12(9-17)7-14(19-2)15(13)20-10-11-4-3-5-16-8-11/h3-8,17H,9-10H2,1-2H3. The summed E-state index contributed by atoms with van der Waals surface area (Å²) in [4.78, 5) is 4.03. The van der Waals surface area contributed by atoms with E-state index in [0.29, 0.717) is 29.4 Å². The van der Waals surface area contributed by atoms with Crippen LogP contribution in [-0.2, 0) is 13.2 Å². The topological polar surface area (TPSA) is 60.8 Å². The maximum absolute atomic E-state index is 9.22. The Balaban J connectivity index is 2.25. The first kappa shape index (κ1) is 14.1. The number of aromatic nitrogens is 1. The van der Waals surface area contributed by atoms with Crippen molar-refractivity contribution in [3.05, 3.63) is 47.8 Å². The molecule has 1 heterocycles. The van der Waals surface area contributed by atoms with Gasteiger partial charge in [-0.2, -0.15) is 0 Å². The Morgan fingerprint density at radius 2 is 1.80 bits per heavy atom. The summed E-state index contributed by atoms with van der Waals surface area (Å²) >= 11 is 0. The average molecular weight is 275 g/mol. The van der Waals surface area contributed by atoms with Crippen molar-refractivity contribution in [2.45, 2.75) is 13.2 Å². The van der Waals surface area contributed by atoms with Gasteiger partial charge < -0.3 is 19.3 Å². The van der Waals surface area contributed by atoms with Crippen LogP contribution >= 0.6 is 0 Å². The van der Waals surface area contributed by atoms with Gasteiger partial charge in [-0.05, 0) is 23.8 Å². The molecule has 0 radical (unpaired) electrons.